The number of unbranched alkanes of at least 4 members (excludes halogenated alkanes) is 1. The molecule has 1 aromatic rings. The summed E-state index contributed by atoms with van der Waals surface area (Å²) in [4.78, 5) is 22.2. The predicted octanol–water partition coefficient (Wildman–Crippen LogP) is 2.44. The first-order valence-electron chi connectivity index (χ1n) is 6.93. The number of amides is 1. The lowest BCUT2D eigenvalue weighted by Gasteiger charge is -2.05. The molecule has 2 atom stereocenters. The minimum atomic E-state index is -0.852. The van der Waals surface area contributed by atoms with Crippen LogP contribution in [0.2, 0.25) is 0 Å². The van der Waals surface area contributed by atoms with Crippen molar-refractivity contribution in [3.05, 3.63) is 35.4 Å². The molecule has 1 saturated carbocycles. The van der Waals surface area contributed by atoms with Gasteiger partial charge in [-0.25, -0.2) is 8.78 Å². The fourth-order valence-corrected chi connectivity index (χ4v) is 2.37. The lowest BCUT2D eigenvalue weighted by molar-refractivity contribution is -0.137. The van der Waals surface area contributed by atoms with Gasteiger partial charge in [0.2, 0.25) is 5.91 Å². The monoisotopic (exact) mass is 297 g/mol. The van der Waals surface area contributed by atoms with Gasteiger partial charge in [-0.1, -0.05) is 6.07 Å². The summed E-state index contributed by atoms with van der Waals surface area (Å²) in [6.45, 7) is 0.418. The van der Waals surface area contributed by atoms with Crippen molar-refractivity contribution in [2.24, 2.45) is 5.92 Å². The average molecular weight is 297 g/mol. The van der Waals surface area contributed by atoms with Gasteiger partial charge in [-0.15, -0.1) is 0 Å². The number of hydrogen-bond donors (Lipinski definition) is 2. The summed E-state index contributed by atoms with van der Waals surface area (Å²) in [5.41, 5.74) is 0.377. The highest BCUT2D eigenvalue weighted by Crippen LogP contribution is 2.48. The van der Waals surface area contributed by atoms with E-state index < -0.39 is 17.6 Å². The Morgan fingerprint density at radius 3 is 2.71 bits per heavy atom. The largest absolute Gasteiger partial charge is 0.481 e. The molecule has 2 unspecified atom stereocenters. The van der Waals surface area contributed by atoms with Gasteiger partial charge in [-0.3, -0.25) is 9.59 Å². The Labute approximate surface area is 121 Å². The molecule has 1 aliphatic carbocycles. The van der Waals surface area contributed by atoms with Crippen LogP contribution in [0, 0.1) is 17.6 Å². The lowest BCUT2D eigenvalue weighted by atomic mass is 10.1. The molecular weight excluding hydrogens is 280 g/mol. The molecular formula is C15H17F2NO3. The topological polar surface area (TPSA) is 66.4 Å². The van der Waals surface area contributed by atoms with E-state index in [9.17, 15) is 18.4 Å². The Morgan fingerprint density at radius 2 is 2.05 bits per heavy atom. The third-order valence-electron chi connectivity index (χ3n) is 3.61. The predicted molar refractivity (Wildman–Crippen MR) is 71.7 cm³/mol. The number of carbonyl (C=O) groups is 2. The van der Waals surface area contributed by atoms with Gasteiger partial charge in [-0.05, 0) is 36.8 Å². The SMILES string of the molecule is O=C(O)CCCCNC(=O)C1CC1c1ccc(F)cc1F. The van der Waals surface area contributed by atoms with E-state index in [-0.39, 0.29) is 24.2 Å². The number of hydrogen-bond acceptors (Lipinski definition) is 2. The zero-order chi connectivity index (χ0) is 15.4. The molecule has 21 heavy (non-hydrogen) atoms. The van der Waals surface area contributed by atoms with E-state index in [0.717, 1.165) is 6.07 Å². The summed E-state index contributed by atoms with van der Waals surface area (Å²) in [5.74, 6) is -2.71. The second kappa shape index (κ2) is 6.65. The molecule has 2 N–H and O–H groups in total. The first kappa shape index (κ1) is 15.4. The van der Waals surface area contributed by atoms with Crippen LogP contribution in [0.3, 0.4) is 0 Å². The quantitative estimate of drug-likeness (QED) is 0.760. The van der Waals surface area contributed by atoms with E-state index >= 15 is 0 Å². The zero-order valence-corrected chi connectivity index (χ0v) is 11.4. The number of nitrogens with one attached hydrogen (secondary N) is 1. The number of carboxylic acid groups (broad SMARTS) is 1. The van der Waals surface area contributed by atoms with E-state index in [1.165, 1.54) is 12.1 Å². The zero-order valence-electron chi connectivity index (χ0n) is 11.4. The molecule has 1 amide bonds. The molecule has 114 valence electrons. The van der Waals surface area contributed by atoms with Crippen LogP contribution in [0.25, 0.3) is 0 Å². The molecule has 0 heterocycles. The van der Waals surface area contributed by atoms with E-state index in [2.05, 4.69) is 5.32 Å². The molecule has 2 rings (SSSR count). The van der Waals surface area contributed by atoms with Crippen molar-refractivity contribution in [3.8, 4) is 0 Å². The minimum Gasteiger partial charge on any atom is -0.481 e. The number of benzene rings is 1. The van der Waals surface area contributed by atoms with Crippen LogP contribution in [0.5, 0.6) is 0 Å². The standard InChI is InChI=1S/C15H17F2NO3/c16-9-4-5-10(13(17)7-9)11-8-12(11)15(21)18-6-2-1-3-14(19)20/h4-5,7,11-12H,1-3,6,8H2,(H,18,21)(H,19,20). The normalized spacial score (nSPS) is 20.1. The van der Waals surface area contributed by atoms with Crippen LogP contribution in [0.1, 0.15) is 37.2 Å². The summed E-state index contributed by atoms with van der Waals surface area (Å²) in [6.07, 6.45) is 1.75. The Morgan fingerprint density at radius 1 is 1.29 bits per heavy atom. The number of aliphatic carboxylic acids is 1. The van der Waals surface area contributed by atoms with E-state index in [1.54, 1.807) is 0 Å². The fraction of sp³-hybridized carbons (Fsp3) is 0.467. The lowest BCUT2D eigenvalue weighted by Crippen LogP contribution is -2.26. The Balaban J connectivity index is 1.75. The average Bonchev–Trinajstić information content (AvgIpc) is 3.18. The van der Waals surface area contributed by atoms with Gasteiger partial charge >= 0.3 is 5.97 Å². The fourth-order valence-electron chi connectivity index (χ4n) is 2.37. The molecule has 0 aliphatic heterocycles. The van der Waals surface area contributed by atoms with Gasteiger partial charge < -0.3 is 10.4 Å². The second-order valence-electron chi connectivity index (χ2n) is 5.26. The number of carboxylic acids is 1. The van der Waals surface area contributed by atoms with Crippen LogP contribution in [-0.4, -0.2) is 23.5 Å². The highest BCUT2D eigenvalue weighted by Gasteiger charge is 2.45. The maximum Gasteiger partial charge on any atom is 0.303 e. The van der Waals surface area contributed by atoms with Crippen molar-refractivity contribution < 1.29 is 23.5 Å². The Bertz CT molecular complexity index is 548. The smallest absolute Gasteiger partial charge is 0.303 e. The van der Waals surface area contributed by atoms with Crippen LogP contribution >= 0.6 is 0 Å². The third-order valence-corrected chi connectivity index (χ3v) is 3.61. The number of rotatable bonds is 7. The van der Waals surface area contributed by atoms with Gasteiger partial charge in [0.1, 0.15) is 11.6 Å². The molecule has 0 aromatic heterocycles. The first-order chi connectivity index (χ1) is 9.99. The molecule has 1 aliphatic rings. The summed E-state index contributed by atoms with van der Waals surface area (Å²) in [7, 11) is 0. The van der Waals surface area contributed by atoms with Gasteiger partial charge in [0, 0.05) is 24.9 Å². The second-order valence-corrected chi connectivity index (χ2v) is 5.26. The molecule has 1 aromatic carbocycles. The van der Waals surface area contributed by atoms with Crippen LogP contribution in [0.4, 0.5) is 8.78 Å². The van der Waals surface area contributed by atoms with Gasteiger partial charge in [0.15, 0.2) is 0 Å². The van der Waals surface area contributed by atoms with Crippen LogP contribution in [0.15, 0.2) is 18.2 Å². The molecule has 0 radical (unpaired) electrons. The number of halogens is 2. The molecule has 0 saturated heterocycles. The van der Waals surface area contributed by atoms with Crippen LogP contribution in [-0.2, 0) is 9.59 Å². The molecule has 0 bridgehead atoms. The van der Waals surface area contributed by atoms with E-state index in [0.29, 0.717) is 31.4 Å². The number of carbonyl (C=O) groups excluding carboxylic acids is 1. The van der Waals surface area contributed by atoms with Gasteiger partial charge in [0.25, 0.3) is 0 Å². The van der Waals surface area contributed by atoms with E-state index in [4.69, 9.17) is 5.11 Å². The maximum atomic E-state index is 13.6. The first-order valence-corrected chi connectivity index (χ1v) is 6.93. The maximum absolute atomic E-state index is 13.6. The van der Waals surface area contributed by atoms with Crippen molar-refractivity contribution in [1.29, 1.82) is 0 Å². The molecule has 0 spiro atoms. The van der Waals surface area contributed by atoms with Gasteiger partial charge in [0.05, 0.1) is 0 Å². The highest BCUT2D eigenvalue weighted by atomic mass is 19.1. The third kappa shape index (κ3) is 4.24. The Kier molecular flexibility index (Phi) is 4.88. The van der Waals surface area contributed by atoms with Crippen molar-refractivity contribution in [1.82, 2.24) is 5.32 Å². The van der Waals surface area contributed by atoms with Crippen molar-refractivity contribution in [3.63, 3.8) is 0 Å². The van der Waals surface area contributed by atoms with Crippen molar-refractivity contribution in [2.45, 2.75) is 31.6 Å². The highest BCUT2D eigenvalue weighted by molar-refractivity contribution is 5.82. The van der Waals surface area contributed by atoms with E-state index in [1.807, 2.05) is 0 Å². The van der Waals surface area contributed by atoms with Gasteiger partial charge in [-0.2, -0.15) is 0 Å². The minimum absolute atomic E-state index is 0.0860. The van der Waals surface area contributed by atoms with Crippen molar-refractivity contribution in [2.75, 3.05) is 6.54 Å². The summed E-state index contributed by atoms with van der Waals surface area (Å²) >= 11 is 0. The van der Waals surface area contributed by atoms with Crippen LogP contribution < -0.4 is 5.32 Å². The van der Waals surface area contributed by atoms with Crippen molar-refractivity contribution >= 4 is 11.9 Å². The molecule has 4 nitrogen and oxygen atoms in total. The molecule has 1 fully saturated rings. The summed E-state index contributed by atoms with van der Waals surface area (Å²) < 4.78 is 26.4. The molecule has 6 heteroatoms. The summed E-state index contributed by atoms with van der Waals surface area (Å²) in [6, 6.07) is 3.40. The summed E-state index contributed by atoms with van der Waals surface area (Å²) in [5, 5.41) is 11.2. The Hall–Kier alpha value is -1.98.